The molecule has 0 saturated heterocycles. The predicted octanol–water partition coefficient (Wildman–Crippen LogP) is 1.11. The van der Waals surface area contributed by atoms with Crippen LogP contribution < -0.4 is 5.32 Å². The number of anilines is 1. The SMILES string of the molecule is Cc1c([N+](=O)[O-])c(C(F)F)nn1CC(=O)Nc1cnn(C)c1C(=O)O. The van der Waals surface area contributed by atoms with Crippen molar-refractivity contribution in [1.29, 1.82) is 0 Å². The van der Waals surface area contributed by atoms with Crippen LogP contribution in [0.4, 0.5) is 20.2 Å². The van der Waals surface area contributed by atoms with Crippen molar-refractivity contribution >= 4 is 23.3 Å². The van der Waals surface area contributed by atoms with E-state index < -0.39 is 41.2 Å². The van der Waals surface area contributed by atoms with Gasteiger partial charge >= 0.3 is 11.7 Å². The van der Waals surface area contributed by atoms with Gasteiger partial charge < -0.3 is 10.4 Å². The minimum atomic E-state index is -3.18. The van der Waals surface area contributed by atoms with Gasteiger partial charge in [0.2, 0.25) is 11.6 Å². The Morgan fingerprint density at radius 1 is 1.48 bits per heavy atom. The average Bonchev–Trinajstić information content (AvgIpc) is 3.00. The molecule has 0 fully saturated rings. The summed E-state index contributed by atoms with van der Waals surface area (Å²) in [4.78, 5) is 33.0. The molecule has 2 aromatic rings. The van der Waals surface area contributed by atoms with Crippen LogP contribution in [0.15, 0.2) is 6.20 Å². The fourth-order valence-corrected chi connectivity index (χ4v) is 2.19. The number of carboxylic acid groups (broad SMARTS) is 1. The number of hydrogen-bond donors (Lipinski definition) is 2. The maximum absolute atomic E-state index is 12.9. The van der Waals surface area contributed by atoms with Crippen molar-refractivity contribution in [1.82, 2.24) is 19.6 Å². The molecular weight excluding hydrogens is 346 g/mol. The molecule has 134 valence electrons. The summed E-state index contributed by atoms with van der Waals surface area (Å²) >= 11 is 0. The van der Waals surface area contributed by atoms with Crippen molar-refractivity contribution in [3.63, 3.8) is 0 Å². The molecule has 0 spiro atoms. The molecule has 13 heteroatoms. The number of amides is 1. The van der Waals surface area contributed by atoms with E-state index in [2.05, 4.69) is 15.5 Å². The van der Waals surface area contributed by atoms with Crippen molar-refractivity contribution < 1.29 is 28.4 Å². The van der Waals surface area contributed by atoms with E-state index in [0.29, 0.717) is 0 Å². The number of alkyl halides is 2. The summed E-state index contributed by atoms with van der Waals surface area (Å²) in [6.45, 7) is 0.560. The van der Waals surface area contributed by atoms with Gasteiger partial charge in [0, 0.05) is 7.05 Å². The lowest BCUT2D eigenvalue weighted by Crippen LogP contribution is -2.21. The number of rotatable bonds is 6. The van der Waals surface area contributed by atoms with Gasteiger partial charge in [-0.15, -0.1) is 0 Å². The lowest BCUT2D eigenvalue weighted by Gasteiger charge is -2.06. The second kappa shape index (κ2) is 6.62. The van der Waals surface area contributed by atoms with Gasteiger partial charge in [0.25, 0.3) is 6.43 Å². The number of aromatic nitrogens is 4. The summed E-state index contributed by atoms with van der Waals surface area (Å²) in [7, 11) is 1.36. The third kappa shape index (κ3) is 3.44. The third-order valence-corrected chi connectivity index (χ3v) is 3.30. The summed E-state index contributed by atoms with van der Waals surface area (Å²) in [6.07, 6.45) is -2.08. The number of nitrogens with one attached hydrogen (secondary N) is 1. The Balaban J connectivity index is 2.26. The van der Waals surface area contributed by atoms with E-state index in [-0.39, 0.29) is 17.1 Å². The van der Waals surface area contributed by atoms with Crippen molar-refractivity contribution in [2.24, 2.45) is 7.05 Å². The molecular formula is C12H12F2N6O5. The summed E-state index contributed by atoms with van der Waals surface area (Å²) in [5, 5.41) is 29.3. The highest BCUT2D eigenvalue weighted by molar-refractivity contribution is 5.99. The highest BCUT2D eigenvalue weighted by Crippen LogP contribution is 2.30. The van der Waals surface area contributed by atoms with Crippen molar-refractivity contribution in [3.8, 4) is 0 Å². The quantitative estimate of drug-likeness (QED) is 0.581. The number of aromatic carboxylic acids is 1. The molecule has 2 heterocycles. The molecule has 0 aliphatic carbocycles. The van der Waals surface area contributed by atoms with Crippen LogP contribution in [-0.4, -0.2) is 41.5 Å². The first kappa shape index (κ1) is 18.0. The first-order valence-corrected chi connectivity index (χ1v) is 6.68. The van der Waals surface area contributed by atoms with Crippen LogP contribution >= 0.6 is 0 Å². The minimum absolute atomic E-state index is 0.103. The van der Waals surface area contributed by atoms with Crippen LogP contribution in [0.1, 0.15) is 28.3 Å². The summed E-state index contributed by atoms with van der Waals surface area (Å²) in [5.74, 6) is -2.14. The third-order valence-electron chi connectivity index (χ3n) is 3.30. The van der Waals surface area contributed by atoms with E-state index in [1.54, 1.807) is 0 Å². The number of aryl methyl sites for hydroxylation is 1. The van der Waals surface area contributed by atoms with Crippen LogP contribution in [0.25, 0.3) is 0 Å². The predicted molar refractivity (Wildman–Crippen MR) is 77.4 cm³/mol. The Morgan fingerprint density at radius 2 is 2.12 bits per heavy atom. The van der Waals surface area contributed by atoms with E-state index in [1.165, 1.54) is 14.0 Å². The fraction of sp³-hybridized carbons (Fsp3) is 0.333. The zero-order valence-electron chi connectivity index (χ0n) is 12.9. The molecule has 0 atom stereocenters. The van der Waals surface area contributed by atoms with E-state index in [4.69, 9.17) is 5.11 Å². The van der Waals surface area contributed by atoms with E-state index in [9.17, 15) is 28.5 Å². The van der Waals surface area contributed by atoms with Crippen LogP contribution in [0.5, 0.6) is 0 Å². The zero-order valence-corrected chi connectivity index (χ0v) is 12.9. The molecule has 11 nitrogen and oxygen atoms in total. The van der Waals surface area contributed by atoms with Gasteiger partial charge in [-0.3, -0.25) is 24.3 Å². The standard InChI is InChI=1S/C12H12F2N6O5/c1-5-9(20(24)25)8(11(13)14)17-19(5)4-7(21)16-6-3-15-18(2)10(6)12(22)23/h3,11H,4H2,1-2H3,(H,16,21)(H,22,23). The number of nitro groups is 1. The average molecular weight is 358 g/mol. The summed E-state index contributed by atoms with van der Waals surface area (Å²) in [5.41, 5.74) is -2.52. The largest absolute Gasteiger partial charge is 0.476 e. The Bertz CT molecular complexity index is 859. The molecule has 0 saturated carbocycles. The van der Waals surface area contributed by atoms with Crippen LogP contribution in [0.2, 0.25) is 0 Å². The fourth-order valence-electron chi connectivity index (χ4n) is 2.19. The van der Waals surface area contributed by atoms with E-state index in [0.717, 1.165) is 15.6 Å². The van der Waals surface area contributed by atoms with Gasteiger partial charge in [0.05, 0.1) is 16.8 Å². The Labute approximate surface area is 138 Å². The molecule has 0 unspecified atom stereocenters. The maximum Gasteiger partial charge on any atom is 0.356 e. The van der Waals surface area contributed by atoms with Gasteiger partial charge in [-0.25, -0.2) is 13.6 Å². The number of nitrogens with zero attached hydrogens (tertiary/aromatic N) is 5. The highest BCUT2D eigenvalue weighted by Gasteiger charge is 2.31. The van der Waals surface area contributed by atoms with Gasteiger partial charge in [0.1, 0.15) is 12.2 Å². The first-order chi connectivity index (χ1) is 11.6. The smallest absolute Gasteiger partial charge is 0.356 e. The van der Waals surface area contributed by atoms with Gasteiger partial charge in [-0.1, -0.05) is 0 Å². The van der Waals surface area contributed by atoms with Gasteiger partial charge in [0.15, 0.2) is 5.69 Å². The molecule has 1 amide bonds. The lowest BCUT2D eigenvalue weighted by atomic mass is 10.3. The second-order valence-corrected chi connectivity index (χ2v) is 4.92. The number of hydrogen-bond acceptors (Lipinski definition) is 6. The number of carbonyl (C=O) groups is 2. The minimum Gasteiger partial charge on any atom is -0.476 e. The van der Waals surface area contributed by atoms with Crippen molar-refractivity contribution in [2.45, 2.75) is 19.9 Å². The van der Waals surface area contributed by atoms with Crippen LogP contribution in [-0.2, 0) is 18.4 Å². The van der Waals surface area contributed by atoms with E-state index >= 15 is 0 Å². The molecule has 0 aliphatic heterocycles. The summed E-state index contributed by atoms with van der Waals surface area (Å²) < 4.78 is 27.5. The molecule has 2 N–H and O–H groups in total. The topological polar surface area (TPSA) is 145 Å². The molecule has 2 rings (SSSR count). The Kier molecular flexibility index (Phi) is 4.76. The first-order valence-electron chi connectivity index (χ1n) is 6.68. The number of carbonyl (C=O) groups excluding carboxylic acids is 1. The highest BCUT2D eigenvalue weighted by atomic mass is 19.3. The van der Waals surface area contributed by atoms with Crippen LogP contribution in [0.3, 0.4) is 0 Å². The van der Waals surface area contributed by atoms with Crippen LogP contribution in [0, 0.1) is 17.0 Å². The monoisotopic (exact) mass is 358 g/mol. The molecule has 0 aromatic carbocycles. The maximum atomic E-state index is 12.9. The van der Waals surface area contributed by atoms with Crippen molar-refractivity contribution in [2.75, 3.05) is 5.32 Å². The number of carboxylic acids is 1. The lowest BCUT2D eigenvalue weighted by molar-refractivity contribution is -0.386. The number of halogens is 2. The van der Waals surface area contributed by atoms with Gasteiger partial charge in [-0.2, -0.15) is 10.2 Å². The Hall–Kier alpha value is -3.38. The zero-order chi connectivity index (χ0) is 18.9. The summed E-state index contributed by atoms with van der Waals surface area (Å²) in [6, 6.07) is 0. The van der Waals surface area contributed by atoms with Crippen molar-refractivity contribution in [3.05, 3.63) is 33.4 Å². The molecule has 2 aromatic heterocycles. The normalized spacial score (nSPS) is 10.9. The van der Waals surface area contributed by atoms with E-state index in [1.807, 2.05) is 0 Å². The molecule has 25 heavy (non-hydrogen) atoms. The Morgan fingerprint density at radius 3 is 2.60 bits per heavy atom. The van der Waals surface area contributed by atoms with Gasteiger partial charge in [-0.05, 0) is 6.92 Å². The molecule has 0 radical (unpaired) electrons. The second-order valence-electron chi connectivity index (χ2n) is 4.92. The molecule has 0 bridgehead atoms. The molecule has 0 aliphatic rings.